The number of amidine groups is 1. The minimum atomic E-state index is -2.77. The number of pyridine rings is 1. The number of nitriles is 1. The van der Waals surface area contributed by atoms with Gasteiger partial charge in [0.25, 0.3) is 12.3 Å². The molecule has 144 valence electrons. The quantitative estimate of drug-likeness (QED) is 0.841. The van der Waals surface area contributed by atoms with Crippen LogP contribution in [0.5, 0.6) is 0 Å². The number of alkyl halides is 2. The number of aliphatic imine (C=N–C) groups is 1. The normalized spacial score (nSPS) is 20.5. The highest BCUT2D eigenvalue weighted by Gasteiger charge is 2.45. The van der Waals surface area contributed by atoms with Gasteiger partial charge in [0.2, 0.25) is 0 Å². The van der Waals surface area contributed by atoms with Crippen molar-refractivity contribution in [1.82, 2.24) is 10.3 Å². The Morgan fingerprint density at radius 1 is 1.43 bits per heavy atom. The van der Waals surface area contributed by atoms with Crippen LogP contribution < -0.4 is 10.6 Å². The van der Waals surface area contributed by atoms with Gasteiger partial charge in [-0.15, -0.1) is 0 Å². The molecule has 0 bridgehead atoms. The largest absolute Gasteiger partial charge is 0.371 e. The van der Waals surface area contributed by atoms with Crippen LogP contribution in [-0.4, -0.2) is 43.4 Å². The maximum Gasteiger partial charge on any atom is 0.274 e. The first kappa shape index (κ1) is 19.4. The number of carbonyl (C=O) groups is 1. The van der Waals surface area contributed by atoms with Gasteiger partial charge in [0.05, 0.1) is 12.2 Å². The number of nitrogens with zero attached hydrogens (tertiary/aromatic N) is 3. The van der Waals surface area contributed by atoms with Gasteiger partial charge in [0.15, 0.2) is 0 Å². The molecule has 9 heteroatoms. The molecule has 1 amide bonds. The van der Waals surface area contributed by atoms with Crippen molar-refractivity contribution in [2.45, 2.75) is 12.0 Å². The van der Waals surface area contributed by atoms with Gasteiger partial charge in [-0.3, -0.25) is 9.79 Å². The second kappa shape index (κ2) is 8.10. The van der Waals surface area contributed by atoms with E-state index >= 15 is 0 Å². The Balaban J connectivity index is 1.86. The number of carbonyl (C=O) groups excluding carboxylic acids is 1. The lowest BCUT2D eigenvalue weighted by molar-refractivity contribution is -0.0315. The average Bonchev–Trinajstić information content (AvgIpc) is 2.73. The van der Waals surface area contributed by atoms with Gasteiger partial charge in [-0.05, 0) is 29.8 Å². The molecule has 3 rings (SSSR count). The van der Waals surface area contributed by atoms with E-state index in [1.54, 1.807) is 12.1 Å². The lowest BCUT2D eigenvalue weighted by Gasteiger charge is -2.39. The van der Waals surface area contributed by atoms with Crippen molar-refractivity contribution in [3.8, 4) is 6.07 Å². The molecular formula is C19H17F2N5O2. The summed E-state index contributed by atoms with van der Waals surface area (Å²) in [6, 6.07) is 11.0. The topological polar surface area (TPSA) is 99.4 Å². The number of benzene rings is 1. The number of nitrogens with one attached hydrogen (secondary N) is 2. The van der Waals surface area contributed by atoms with Gasteiger partial charge in [-0.2, -0.15) is 5.26 Å². The van der Waals surface area contributed by atoms with Crippen LogP contribution in [0, 0.1) is 11.3 Å². The van der Waals surface area contributed by atoms with E-state index in [0.717, 1.165) is 0 Å². The third-order valence-corrected chi connectivity index (χ3v) is 4.34. The Hall–Kier alpha value is -3.38. The predicted octanol–water partition coefficient (Wildman–Crippen LogP) is 2.31. The molecule has 1 fully saturated rings. The molecule has 2 N–H and O–H groups in total. The zero-order valence-corrected chi connectivity index (χ0v) is 14.9. The van der Waals surface area contributed by atoms with Crippen LogP contribution in [0.25, 0.3) is 0 Å². The van der Waals surface area contributed by atoms with Crippen LogP contribution in [-0.2, 0) is 10.3 Å². The zero-order chi connectivity index (χ0) is 20.1. The lowest BCUT2D eigenvalue weighted by atomic mass is 9.89. The summed E-state index contributed by atoms with van der Waals surface area (Å²) in [6.07, 6.45) is -1.48. The molecule has 1 aliphatic heterocycles. The van der Waals surface area contributed by atoms with Crippen molar-refractivity contribution in [3.05, 3.63) is 59.4 Å². The predicted molar refractivity (Wildman–Crippen MR) is 98.3 cm³/mol. The highest BCUT2D eigenvalue weighted by Crippen LogP contribution is 2.32. The first-order chi connectivity index (χ1) is 13.5. The first-order valence-electron chi connectivity index (χ1n) is 8.36. The summed E-state index contributed by atoms with van der Waals surface area (Å²) in [5.74, 6) is -0.195. The summed E-state index contributed by atoms with van der Waals surface area (Å²) in [4.78, 5) is 20.2. The molecule has 1 aliphatic rings. The van der Waals surface area contributed by atoms with Crippen LogP contribution in [0.15, 0.2) is 47.6 Å². The number of halogens is 2. The molecule has 0 radical (unpaired) electrons. The zero-order valence-electron chi connectivity index (χ0n) is 14.9. The second-order valence-corrected chi connectivity index (χ2v) is 6.14. The van der Waals surface area contributed by atoms with Crippen molar-refractivity contribution in [1.29, 1.82) is 5.26 Å². The smallest absolute Gasteiger partial charge is 0.274 e. The van der Waals surface area contributed by atoms with Gasteiger partial charge in [-0.25, -0.2) is 13.8 Å². The number of hydrogen-bond donors (Lipinski definition) is 2. The second-order valence-electron chi connectivity index (χ2n) is 6.14. The number of hydrogen-bond acceptors (Lipinski definition) is 5. The third kappa shape index (κ3) is 3.82. The number of ether oxygens (including phenoxy) is 1. The highest BCUT2D eigenvalue weighted by molar-refractivity contribution is 6.02. The summed E-state index contributed by atoms with van der Waals surface area (Å²) >= 11 is 0. The highest BCUT2D eigenvalue weighted by atomic mass is 19.3. The fourth-order valence-electron chi connectivity index (χ4n) is 2.82. The molecule has 0 aliphatic carbocycles. The Morgan fingerprint density at radius 3 is 2.89 bits per heavy atom. The molecule has 1 atom stereocenters. The number of morpholine rings is 1. The van der Waals surface area contributed by atoms with Crippen LogP contribution in [0.4, 0.5) is 14.5 Å². The SMILES string of the molecule is CN=C1COCC(c2cccc(NC(=O)c3ccc(C#N)cn3)c2)(C(F)F)N1. The van der Waals surface area contributed by atoms with Crippen molar-refractivity contribution in [3.63, 3.8) is 0 Å². The molecule has 0 spiro atoms. The Morgan fingerprint density at radius 2 is 2.25 bits per heavy atom. The van der Waals surface area contributed by atoms with E-state index in [1.807, 2.05) is 6.07 Å². The number of rotatable bonds is 4. The average molecular weight is 385 g/mol. The fourth-order valence-corrected chi connectivity index (χ4v) is 2.82. The van der Waals surface area contributed by atoms with Gasteiger partial charge < -0.3 is 15.4 Å². The lowest BCUT2D eigenvalue weighted by Crippen LogP contribution is -2.59. The maximum atomic E-state index is 14.0. The fraction of sp³-hybridized carbons (Fsp3) is 0.263. The Bertz CT molecular complexity index is 940. The summed E-state index contributed by atoms with van der Waals surface area (Å²) in [7, 11) is 1.49. The van der Waals surface area contributed by atoms with Crippen LogP contribution in [0.1, 0.15) is 21.6 Å². The van der Waals surface area contributed by atoms with E-state index in [-0.39, 0.29) is 24.5 Å². The van der Waals surface area contributed by atoms with Crippen molar-refractivity contribution in [2.24, 2.45) is 4.99 Å². The molecule has 1 aromatic carbocycles. The standard InChI is InChI=1S/C19H17F2N5O2/c1-23-16-10-28-11-19(26-16,18(20)21)13-3-2-4-14(7-13)25-17(27)15-6-5-12(8-22)9-24-15/h2-7,9,18H,10-11H2,1H3,(H,23,26)(H,25,27). The van der Waals surface area contributed by atoms with Crippen molar-refractivity contribution < 1.29 is 18.3 Å². The summed E-state index contributed by atoms with van der Waals surface area (Å²) in [6.45, 7) is -0.107. The van der Waals surface area contributed by atoms with Crippen molar-refractivity contribution >= 4 is 17.4 Å². The molecule has 0 saturated carbocycles. The van der Waals surface area contributed by atoms with E-state index in [4.69, 9.17) is 10.00 Å². The minimum absolute atomic E-state index is 0.104. The van der Waals surface area contributed by atoms with E-state index < -0.39 is 17.9 Å². The van der Waals surface area contributed by atoms with Crippen LogP contribution in [0.2, 0.25) is 0 Å². The Labute approximate surface area is 160 Å². The summed E-state index contributed by atoms with van der Waals surface area (Å²) in [5.41, 5.74) is -0.743. The Kier molecular flexibility index (Phi) is 5.61. The molecule has 1 unspecified atom stereocenters. The molecular weight excluding hydrogens is 368 g/mol. The van der Waals surface area contributed by atoms with E-state index in [0.29, 0.717) is 17.1 Å². The van der Waals surface area contributed by atoms with Gasteiger partial charge >= 0.3 is 0 Å². The molecule has 1 saturated heterocycles. The van der Waals surface area contributed by atoms with Gasteiger partial charge in [0.1, 0.15) is 29.7 Å². The van der Waals surface area contributed by atoms with E-state index in [9.17, 15) is 13.6 Å². The maximum absolute atomic E-state index is 14.0. The summed E-state index contributed by atoms with van der Waals surface area (Å²) < 4.78 is 33.3. The molecule has 7 nitrogen and oxygen atoms in total. The van der Waals surface area contributed by atoms with Crippen LogP contribution >= 0.6 is 0 Å². The number of anilines is 1. The summed E-state index contributed by atoms with van der Waals surface area (Å²) in [5, 5.41) is 14.2. The van der Waals surface area contributed by atoms with Crippen molar-refractivity contribution in [2.75, 3.05) is 25.6 Å². The molecule has 28 heavy (non-hydrogen) atoms. The van der Waals surface area contributed by atoms with E-state index in [2.05, 4.69) is 20.6 Å². The van der Waals surface area contributed by atoms with E-state index in [1.165, 1.54) is 37.5 Å². The molecule has 1 aromatic heterocycles. The van der Waals surface area contributed by atoms with Crippen LogP contribution in [0.3, 0.4) is 0 Å². The third-order valence-electron chi connectivity index (χ3n) is 4.34. The molecule has 2 heterocycles. The number of amides is 1. The van der Waals surface area contributed by atoms with Gasteiger partial charge in [0, 0.05) is 18.9 Å². The minimum Gasteiger partial charge on any atom is -0.371 e. The number of aromatic nitrogens is 1. The monoisotopic (exact) mass is 385 g/mol. The first-order valence-corrected chi connectivity index (χ1v) is 8.36. The molecule has 2 aromatic rings. The van der Waals surface area contributed by atoms with Gasteiger partial charge in [-0.1, -0.05) is 12.1 Å².